The van der Waals surface area contributed by atoms with E-state index in [4.69, 9.17) is 0 Å². The summed E-state index contributed by atoms with van der Waals surface area (Å²) in [6.45, 7) is 7.47. The first kappa shape index (κ1) is 10.6. The van der Waals surface area contributed by atoms with Gasteiger partial charge in [-0.15, -0.1) is 0 Å². The summed E-state index contributed by atoms with van der Waals surface area (Å²) < 4.78 is 0. The second-order valence-corrected chi connectivity index (χ2v) is 3.39. The molecule has 0 saturated heterocycles. The van der Waals surface area contributed by atoms with E-state index in [1.54, 1.807) is 0 Å². The highest BCUT2D eigenvalue weighted by Gasteiger charge is 2.00. The van der Waals surface area contributed by atoms with Crippen molar-refractivity contribution >= 4 is 6.29 Å². The number of carbonyl (C=O) groups excluding carboxylic acids is 1. The van der Waals surface area contributed by atoms with E-state index in [1.807, 2.05) is 6.29 Å². The molecule has 2 heteroatoms. The molecule has 0 rings (SSSR count). The average Bonchev–Trinajstić information content (AvgIpc) is 1.97. The minimum atomic E-state index is 0.443. The minimum Gasteiger partial charge on any atom is -0.314 e. The highest BCUT2D eigenvalue weighted by Crippen LogP contribution is 1.95. The monoisotopic (exact) mass is 156 g/mol. The molecular formula is C9H18NO. The van der Waals surface area contributed by atoms with E-state index < -0.39 is 0 Å². The van der Waals surface area contributed by atoms with Crippen molar-refractivity contribution in [3.8, 4) is 0 Å². The predicted octanol–water partition coefficient (Wildman–Crippen LogP) is 1.51. The van der Waals surface area contributed by atoms with Crippen LogP contribution in [0.5, 0.6) is 0 Å². The molecule has 65 valence electrons. The summed E-state index contributed by atoms with van der Waals surface area (Å²) in [6.07, 6.45) is 3.34. The summed E-state index contributed by atoms with van der Waals surface area (Å²) in [5.74, 6) is 0.678. The second kappa shape index (κ2) is 6.35. The van der Waals surface area contributed by atoms with Crippen LogP contribution in [0.25, 0.3) is 0 Å². The molecule has 1 radical (unpaired) electrons. The van der Waals surface area contributed by atoms with Gasteiger partial charge in [-0.2, -0.15) is 0 Å². The van der Waals surface area contributed by atoms with Crippen LogP contribution in [0.1, 0.15) is 33.6 Å². The summed E-state index contributed by atoms with van der Waals surface area (Å²) in [5, 5.41) is 3.34. The van der Waals surface area contributed by atoms with Gasteiger partial charge in [-0.1, -0.05) is 13.8 Å². The van der Waals surface area contributed by atoms with E-state index in [1.165, 1.54) is 0 Å². The standard InChI is InChI=1S/C9H18NO/c1-8(2)7-10-9(3)5-4-6-11/h8-10H,4-5,7H2,1-3H3. The summed E-state index contributed by atoms with van der Waals surface area (Å²) >= 11 is 0. The molecule has 0 aromatic heterocycles. The fourth-order valence-electron chi connectivity index (χ4n) is 0.814. The Kier molecular flexibility index (Phi) is 6.13. The topological polar surface area (TPSA) is 29.1 Å². The molecular weight excluding hydrogens is 138 g/mol. The normalized spacial score (nSPS) is 13.5. The van der Waals surface area contributed by atoms with Crippen molar-refractivity contribution in [1.29, 1.82) is 0 Å². The number of rotatable bonds is 6. The Labute approximate surface area is 69.4 Å². The molecule has 11 heavy (non-hydrogen) atoms. The number of nitrogens with one attached hydrogen (secondary N) is 1. The highest BCUT2D eigenvalue weighted by molar-refractivity contribution is 5.50. The lowest BCUT2D eigenvalue weighted by molar-refractivity contribution is 0.463. The van der Waals surface area contributed by atoms with Gasteiger partial charge in [0, 0.05) is 12.5 Å². The smallest absolute Gasteiger partial charge is 0.198 e. The van der Waals surface area contributed by atoms with Crippen LogP contribution in [0.3, 0.4) is 0 Å². The lowest BCUT2D eigenvalue weighted by Gasteiger charge is -2.13. The summed E-state index contributed by atoms with van der Waals surface area (Å²) in [7, 11) is 0. The van der Waals surface area contributed by atoms with Gasteiger partial charge in [0.05, 0.1) is 0 Å². The van der Waals surface area contributed by atoms with Gasteiger partial charge in [0.1, 0.15) is 0 Å². The van der Waals surface area contributed by atoms with E-state index >= 15 is 0 Å². The van der Waals surface area contributed by atoms with Crippen molar-refractivity contribution < 1.29 is 4.79 Å². The van der Waals surface area contributed by atoms with Crippen LogP contribution in [0.4, 0.5) is 0 Å². The first-order chi connectivity index (χ1) is 5.16. The molecule has 0 fully saturated rings. The maximum atomic E-state index is 9.89. The second-order valence-electron chi connectivity index (χ2n) is 3.39. The highest BCUT2D eigenvalue weighted by atomic mass is 16.1. The van der Waals surface area contributed by atoms with Crippen LogP contribution in [0.15, 0.2) is 0 Å². The molecule has 0 heterocycles. The Morgan fingerprint density at radius 1 is 1.36 bits per heavy atom. The lowest BCUT2D eigenvalue weighted by Crippen LogP contribution is -2.29. The number of hydrogen-bond acceptors (Lipinski definition) is 2. The van der Waals surface area contributed by atoms with Crippen LogP contribution >= 0.6 is 0 Å². The molecule has 2 nitrogen and oxygen atoms in total. The predicted molar refractivity (Wildman–Crippen MR) is 47.2 cm³/mol. The Morgan fingerprint density at radius 3 is 2.45 bits per heavy atom. The molecule has 0 aromatic rings. The molecule has 0 aliphatic carbocycles. The summed E-state index contributed by atoms with van der Waals surface area (Å²) in [5.41, 5.74) is 0. The maximum absolute atomic E-state index is 9.89. The van der Waals surface area contributed by atoms with Gasteiger partial charge in [0.25, 0.3) is 0 Å². The van der Waals surface area contributed by atoms with Gasteiger partial charge < -0.3 is 5.32 Å². The third-order valence-corrected chi connectivity index (χ3v) is 1.55. The Morgan fingerprint density at radius 2 is 2.00 bits per heavy atom. The molecule has 0 saturated carbocycles. The van der Waals surface area contributed by atoms with Gasteiger partial charge in [-0.3, -0.25) is 4.79 Å². The lowest BCUT2D eigenvalue weighted by atomic mass is 10.1. The zero-order chi connectivity index (χ0) is 8.69. The Balaban J connectivity index is 3.21. The van der Waals surface area contributed by atoms with E-state index in [9.17, 15) is 4.79 Å². The zero-order valence-corrected chi connectivity index (χ0v) is 7.68. The van der Waals surface area contributed by atoms with Gasteiger partial charge in [0.15, 0.2) is 6.29 Å². The molecule has 1 atom stereocenters. The van der Waals surface area contributed by atoms with Gasteiger partial charge in [-0.25, -0.2) is 0 Å². The minimum absolute atomic E-state index is 0.443. The maximum Gasteiger partial charge on any atom is 0.198 e. The van der Waals surface area contributed by atoms with Crippen LogP contribution < -0.4 is 5.32 Å². The summed E-state index contributed by atoms with van der Waals surface area (Å²) in [6, 6.07) is 0.443. The van der Waals surface area contributed by atoms with Crippen molar-refractivity contribution in [3.05, 3.63) is 0 Å². The van der Waals surface area contributed by atoms with Crippen LogP contribution in [-0.2, 0) is 4.79 Å². The first-order valence-corrected chi connectivity index (χ1v) is 4.25. The van der Waals surface area contributed by atoms with Gasteiger partial charge in [0.2, 0.25) is 0 Å². The molecule has 0 spiro atoms. The van der Waals surface area contributed by atoms with Crippen LogP contribution in [-0.4, -0.2) is 18.9 Å². The molecule has 0 aromatic carbocycles. The average molecular weight is 156 g/mol. The van der Waals surface area contributed by atoms with Crippen LogP contribution in [0, 0.1) is 5.92 Å². The van der Waals surface area contributed by atoms with Crippen molar-refractivity contribution in [2.45, 2.75) is 39.7 Å². The summed E-state index contributed by atoms with van der Waals surface area (Å²) in [4.78, 5) is 9.89. The van der Waals surface area contributed by atoms with E-state index in [-0.39, 0.29) is 0 Å². The van der Waals surface area contributed by atoms with Crippen molar-refractivity contribution in [2.24, 2.45) is 5.92 Å². The van der Waals surface area contributed by atoms with Crippen molar-refractivity contribution in [3.63, 3.8) is 0 Å². The van der Waals surface area contributed by atoms with Gasteiger partial charge in [-0.05, 0) is 25.8 Å². The third-order valence-electron chi connectivity index (χ3n) is 1.55. The fraction of sp³-hybridized carbons (Fsp3) is 0.889. The van der Waals surface area contributed by atoms with E-state index in [2.05, 4.69) is 26.1 Å². The zero-order valence-electron chi connectivity index (χ0n) is 7.68. The molecule has 0 bridgehead atoms. The Bertz CT molecular complexity index is 102. The molecule has 0 amide bonds. The van der Waals surface area contributed by atoms with E-state index in [0.717, 1.165) is 13.0 Å². The SMILES string of the molecule is CC(C)CNC(C)CC[C]=O. The Hall–Kier alpha value is -0.370. The van der Waals surface area contributed by atoms with Crippen molar-refractivity contribution in [2.75, 3.05) is 6.54 Å². The third kappa shape index (κ3) is 7.53. The van der Waals surface area contributed by atoms with E-state index in [0.29, 0.717) is 18.4 Å². The largest absolute Gasteiger partial charge is 0.314 e. The molecule has 1 unspecified atom stereocenters. The van der Waals surface area contributed by atoms with Gasteiger partial charge >= 0.3 is 0 Å². The first-order valence-electron chi connectivity index (χ1n) is 4.25. The fourth-order valence-corrected chi connectivity index (χ4v) is 0.814. The molecule has 1 N–H and O–H groups in total. The number of hydrogen-bond donors (Lipinski definition) is 1. The quantitative estimate of drug-likeness (QED) is 0.631. The van der Waals surface area contributed by atoms with Crippen molar-refractivity contribution in [1.82, 2.24) is 5.32 Å². The molecule has 0 aliphatic rings. The molecule has 0 aliphatic heterocycles. The van der Waals surface area contributed by atoms with Crippen LogP contribution in [0.2, 0.25) is 0 Å².